The molecular weight excluding hydrogens is 344 g/mol. The summed E-state index contributed by atoms with van der Waals surface area (Å²) >= 11 is 0. The van der Waals surface area contributed by atoms with Gasteiger partial charge in [0, 0.05) is 24.1 Å². The van der Waals surface area contributed by atoms with Crippen LogP contribution in [0.3, 0.4) is 0 Å². The fourth-order valence-corrected chi connectivity index (χ4v) is 2.73. The Kier molecular flexibility index (Phi) is 5.06. The van der Waals surface area contributed by atoms with Gasteiger partial charge in [-0.2, -0.15) is 8.78 Å². The molecule has 0 spiro atoms. The molecule has 136 valence electrons. The number of methoxy groups -OCH3 is 1. The van der Waals surface area contributed by atoms with Crippen LogP contribution in [-0.2, 0) is 18.4 Å². The summed E-state index contributed by atoms with van der Waals surface area (Å²) in [6.45, 7) is -2.97. The Balaban J connectivity index is 1.75. The van der Waals surface area contributed by atoms with Gasteiger partial charge in [-0.25, -0.2) is 4.79 Å². The highest BCUT2D eigenvalue weighted by molar-refractivity contribution is 6.04. The van der Waals surface area contributed by atoms with Gasteiger partial charge in [0.15, 0.2) is 11.5 Å². The lowest BCUT2D eigenvalue weighted by atomic mass is 10.2. The number of benzene rings is 2. The van der Waals surface area contributed by atoms with Crippen molar-refractivity contribution in [1.29, 1.82) is 0 Å². The molecule has 1 aromatic heterocycles. The number of esters is 1. The standard InChI is InChI=1S/C19H17F2NO4/c1-22-10-14(13-5-3-4-6-15(13)22)18(23)25-11-12-7-8-16(26-19(20)21)17(9-12)24-2/h3-10,19H,11H2,1-2H3. The zero-order chi connectivity index (χ0) is 18.7. The number of halogens is 2. The molecule has 0 aliphatic heterocycles. The number of carbonyl (C=O) groups excluding carboxylic acids is 1. The van der Waals surface area contributed by atoms with E-state index >= 15 is 0 Å². The first-order chi connectivity index (χ1) is 12.5. The molecule has 0 saturated heterocycles. The molecule has 1 heterocycles. The summed E-state index contributed by atoms with van der Waals surface area (Å²) in [7, 11) is 3.20. The molecule has 0 amide bonds. The van der Waals surface area contributed by atoms with Crippen molar-refractivity contribution < 1.29 is 27.8 Å². The molecule has 26 heavy (non-hydrogen) atoms. The zero-order valence-corrected chi connectivity index (χ0v) is 14.2. The number of rotatable bonds is 6. The number of fused-ring (bicyclic) bond motifs is 1. The molecule has 3 aromatic rings. The first-order valence-electron chi connectivity index (χ1n) is 7.82. The number of para-hydroxylation sites is 1. The molecule has 0 aliphatic carbocycles. The first-order valence-corrected chi connectivity index (χ1v) is 7.82. The maximum absolute atomic E-state index is 12.4. The molecule has 7 heteroatoms. The van der Waals surface area contributed by atoms with Gasteiger partial charge in [-0.1, -0.05) is 24.3 Å². The van der Waals surface area contributed by atoms with Crippen molar-refractivity contribution >= 4 is 16.9 Å². The van der Waals surface area contributed by atoms with Gasteiger partial charge >= 0.3 is 12.6 Å². The van der Waals surface area contributed by atoms with Gasteiger partial charge in [0.1, 0.15) is 6.61 Å². The lowest BCUT2D eigenvalue weighted by Crippen LogP contribution is -2.06. The molecule has 0 N–H and O–H groups in total. The normalized spacial score (nSPS) is 11.0. The van der Waals surface area contributed by atoms with E-state index in [0.717, 1.165) is 10.9 Å². The van der Waals surface area contributed by atoms with Crippen molar-refractivity contribution in [3.05, 3.63) is 59.8 Å². The molecule has 0 saturated carbocycles. The second kappa shape index (κ2) is 7.43. The van der Waals surface area contributed by atoms with Gasteiger partial charge in [-0.15, -0.1) is 0 Å². The number of hydrogen-bond donors (Lipinski definition) is 0. The second-order valence-corrected chi connectivity index (χ2v) is 5.61. The summed E-state index contributed by atoms with van der Waals surface area (Å²) in [6, 6.07) is 11.9. The Morgan fingerprint density at radius 3 is 2.65 bits per heavy atom. The predicted molar refractivity (Wildman–Crippen MR) is 91.7 cm³/mol. The zero-order valence-electron chi connectivity index (χ0n) is 14.2. The third-order valence-corrected chi connectivity index (χ3v) is 3.93. The Hall–Kier alpha value is -3.09. The molecule has 0 atom stereocenters. The Morgan fingerprint density at radius 1 is 1.15 bits per heavy atom. The number of aromatic nitrogens is 1. The third kappa shape index (κ3) is 3.61. The highest BCUT2D eigenvalue weighted by Gasteiger charge is 2.16. The number of aryl methyl sites for hydroxylation is 1. The fourth-order valence-electron chi connectivity index (χ4n) is 2.73. The quantitative estimate of drug-likeness (QED) is 0.619. The lowest BCUT2D eigenvalue weighted by molar-refractivity contribution is -0.0512. The number of carbonyl (C=O) groups is 1. The minimum Gasteiger partial charge on any atom is -0.493 e. The molecular formula is C19H17F2NO4. The SMILES string of the molecule is COc1cc(COC(=O)c2cn(C)c3ccccc23)ccc1OC(F)F. The molecule has 0 radical (unpaired) electrons. The van der Waals surface area contributed by atoms with Crippen LogP contribution in [0, 0.1) is 0 Å². The van der Waals surface area contributed by atoms with E-state index in [0.29, 0.717) is 11.1 Å². The van der Waals surface area contributed by atoms with Crippen LogP contribution in [-0.4, -0.2) is 24.3 Å². The molecule has 0 unspecified atom stereocenters. The summed E-state index contributed by atoms with van der Waals surface area (Å²) < 4.78 is 41.3. The van der Waals surface area contributed by atoms with Crippen LogP contribution in [0.25, 0.3) is 10.9 Å². The van der Waals surface area contributed by atoms with Crippen molar-refractivity contribution in [3.8, 4) is 11.5 Å². The predicted octanol–water partition coefficient (Wildman–Crippen LogP) is 4.15. The van der Waals surface area contributed by atoms with Crippen LogP contribution < -0.4 is 9.47 Å². The van der Waals surface area contributed by atoms with E-state index in [1.54, 1.807) is 6.20 Å². The van der Waals surface area contributed by atoms with E-state index < -0.39 is 12.6 Å². The van der Waals surface area contributed by atoms with Crippen molar-refractivity contribution in [1.82, 2.24) is 4.57 Å². The Morgan fingerprint density at radius 2 is 1.92 bits per heavy atom. The third-order valence-electron chi connectivity index (χ3n) is 3.93. The van der Waals surface area contributed by atoms with Crippen LogP contribution in [0.15, 0.2) is 48.7 Å². The van der Waals surface area contributed by atoms with Crippen LogP contribution in [0.4, 0.5) is 8.78 Å². The monoisotopic (exact) mass is 361 g/mol. The summed E-state index contributed by atoms with van der Waals surface area (Å²) in [5, 5.41) is 0.804. The van der Waals surface area contributed by atoms with Gasteiger partial charge in [0.2, 0.25) is 0 Å². The van der Waals surface area contributed by atoms with Crippen LogP contribution in [0.5, 0.6) is 11.5 Å². The smallest absolute Gasteiger partial charge is 0.387 e. The van der Waals surface area contributed by atoms with E-state index in [2.05, 4.69) is 4.74 Å². The van der Waals surface area contributed by atoms with Crippen molar-refractivity contribution in [2.75, 3.05) is 7.11 Å². The fraction of sp³-hybridized carbons (Fsp3) is 0.211. The highest BCUT2D eigenvalue weighted by atomic mass is 19.3. The number of ether oxygens (including phenoxy) is 3. The molecule has 2 aromatic carbocycles. The molecule has 0 fully saturated rings. The van der Waals surface area contributed by atoms with Crippen molar-refractivity contribution in [3.63, 3.8) is 0 Å². The van der Waals surface area contributed by atoms with E-state index in [4.69, 9.17) is 9.47 Å². The summed E-state index contributed by atoms with van der Waals surface area (Å²) in [5.74, 6) is -0.399. The summed E-state index contributed by atoms with van der Waals surface area (Å²) in [6.07, 6.45) is 1.72. The number of hydrogen-bond acceptors (Lipinski definition) is 4. The van der Waals surface area contributed by atoms with Crippen molar-refractivity contribution in [2.45, 2.75) is 13.2 Å². The average molecular weight is 361 g/mol. The van der Waals surface area contributed by atoms with E-state index in [-0.39, 0.29) is 18.1 Å². The number of alkyl halides is 2. The van der Waals surface area contributed by atoms with Gasteiger partial charge in [0.05, 0.1) is 12.7 Å². The minimum atomic E-state index is -2.95. The van der Waals surface area contributed by atoms with Crippen LogP contribution in [0.1, 0.15) is 15.9 Å². The molecule has 3 rings (SSSR count). The summed E-state index contributed by atoms with van der Waals surface area (Å²) in [5.41, 5.74) is 1.99. The highest BCUT2D eigenvalue weighted by Crippen LogP contribution is 2.30. The van der Waals surface area contributed by atoms with Gasteiger partial charge < -0.3 is 18.8 Å². The topological polar surface area (TPSA) is 49.7 Å². The van der Waals surface area contributed by atoms with E-state index in [9.17, 15) is 13.6 Å². The maximum Gasteiger partial charge on any atom is 0.387 e. The van der Waals surface area contributed by atoms with Gasteiger partial charge in [-0.05, 0) is 23.8 Å². The Bertz CT molecular complexity index is 936. The largest absolute Gasteiger partial charge is 0.493 e. The van der Waals surface area contributed by atoms with E-state index in [1.165, 1.54) is 25.3 Å². The lowest BCUT2D eigenvalue weighted by Gasteiger charge is -2.11. The second-order valence-electron chi connectivity index (χ2n) is 5.61. The minimum absolute atomic E-state index is 0.0205. The van der Waals surface area contributed by atoms with Crippen molar-refractivity contribution in [2.24, 2.45) is 7.05 Å². The molecule has 0 aliphatic rings. The van der Waals surface area contributed by atoms with Gasteiger partial charge in [0.25, 0.3) is 0 Å². The summed E-state index contributed by atoms with van der Waals surface area (Å²) in [4.78, 5) is 12.4. The maximum atomic E-state index is 12.4. The van der Waals surface area contributed by atoms with Gasteiger partial charge in [-0.3, -0.25) is 0 Å². The Labute approximate surface area is 148 Å². The van der Waals surface area contributed by atoms with E-state index in [1.807, 2.05) is 35.9 Å². The van der Waals surface area contributed by atoms with Crippen LogP contribution in [0.2, 0.25) is 0 Å². The number of nitrogens with zero attached hydrogens (tertiary/aromatic N) is 1. The first kappa shape index (κ1) is 17.7. The average Bonchev–Trinajstić information content (AvgIpc) is 2.97. The molecule has 5 nitrogen and oxygen atoms in total. The van der Waals surface area contributed by atoms with Crippen LogP contribution >= 0.6 is 0 Å². The molecule has 0 bridgehead atoms.